The molecule has 174 valence electrons. The van der Waals surface area contributed by atoms with E-state index < -0.39 is 17.4 Å². The Kier molecular flexibility index (Phi) is 5.66. The Morgan fingerprint density at radius 1 is 1.24 bits per heavy atom. The van der Waals surface area contributed by atoms with Crippen LogP contribution >= 0.6 is 0 Å². The number of methoxy groups -OCH3 is 1. The van der Waals surface area contributed by atoms with Crippen LogP contribution in [0.15, 0.2) is 42.5 Å². The van der Waals surface area contributed by atoms with E-state index in [2.05, 4.69) is 31.4 Å². The van der Waals surface area contributed by atoms with E-state index in [0.29, 0.717) is 30.9 Å². The van der Waals surface area contributed by atoms with Gasteiger partial charge in [-0.1, -0.05) is 39.0 Å². The fourth-order valence-electron chi connectivity index (χ4n) is 4.74. The number of carbonyl (C=O) groups is 3. The van der Waals surface area contributed by atoms with Gasteiger partial charge >= 0.3 is 0 Å². The molecule has 2 aliphatic rings. The summed E-state index contributed by atoms with van der Waals surface area (Å²) < 4.78 is 5.31. The molecule has 33 heavy (non-hydrogen) atoms. The maximum atomic E-state index is 13.7. The lowest BCUT2D eigenvalue weighted by atomic mass is 9.79. The minimum absolute atomic E-state index is 0.0322. The van der Waals surface area contributed by atoms with Crippen molar-refractivity contribution in [3.63, 3.8) is 0 Å². The lowest BCUT2D eigenvalue weighted by molar-refractivity contribution is -0.123. The van der Waals surface area contributed by atoms with E-state index in [1.165, 1.54) is 19.2 Å². The average molecular weight is 451 g/mol. The highest BCUT2D eigenvalue weighted by molar-refractivity contribution is 6.10. The van der Waals surface area contributed by atoms with Gasteiger partial charge in [-0.05, 0) is 41.7 Å². The van der Waals surface area contributed by atoms with Crippen molar-refractivity contribution in [1.29, 1.82) is 0 Å². The number of para-hydroxylation sites is 1. The zero-order valence-electron chi connectivity index (χ0n) is 19.4. The molecule has 8 nitrogen and oxygen atoms in total. The van der Waals surface area contributed by atoms with Crippen LogP contribution in [0.3, 0.4) is 0 Å². The van der Waals surface area contributed by atoms with E-state index in [-0.39, 0.29) is 22.8 Å². The summed E-state index contributed by atoms with van der Waals surface area (Å²) in [5.41, 5.74) is 7.09. The van der Waals surface area contributed by atoms with Gasteiger partial charge in [0, 0.05) is 24.3 Å². The van der Waals surface area contributed by atoms with Crippen LogP contribution in [-0.4, -0.2) is 44.0 Å². The first-order valence-electron chi connectivity index (χ1n) is 11.0. The molecule has 1 spiro atoms. The minimum Gasteiger partial charge on any atom is -0.495 e. The molecule has 4 N–H and O–H groups in total. The number of anilines is 2. The number of fused-ring (bicyclic) bond motifs is 2. The zero-order valence-corrected chi connectivity index (χ0v) is 19.4. The molecule has 0 saturated carbocycles. The summed E-state index contributed by atoms with van der Waals surface area (Å²) in [6.45, 7) is 7.31. The predicted molar refractivity (Wildman–Crippen MR) is 126 cm³/mol. The standard InChI is InChI=1S/C25H30N4O4/c1-24(2,3)14-29-19-8-6-5-7-16(19)25(23(29)32)12-18(27-13-25)22(31)28-17-10-9-15(21(26)30)11-20(17)33-4/h5-11,18,27H,12-14H2,1-4H3,(H2,26,30)(H,28,31). The van der Waals surface area contributed by atoms with E-state index in [0.717, 1.165) is 11.3 Å². The molecule has 0 bridgehead atoms. The summed E-state index contributed by atoms with van der Waals surface area (Å²) in [6, 6.07) is 11.9. The largest absolute Gasteiger partial charge is 0.495 e. The number of hydrogen-bond acceptors (Lipinski definition) is 5. The molecule has 0 aliphatic carbocycles. The van der Waals surface area contributed by atoms with Crippen molar-refractivity contribution >= 4 is 29.1 Å². The second-order valence-corrected chi connectivity index (χ2v) is 9.96. The molecule has 2 heterocycles. The van der Waals surface area contributed by atoms with E-state index in [1.807, 2.05) is 29.2 Å². The summed E-state index contributed by atoms with van der Waals surface area (Å²) in [6.07, 6.45) is 0.358. The van der Waals surface area contributed by atoms with Gasteiger partial charge < -0.3 is 26.0 Å². The average Bonchev–Trinajstić information content (AvgIpc) is 3.31. The Labute approximate surface area is 193 Å². The number of nitrogens with zero attached hydrogens (tertiary/aromatic N) is 1. The number of carbonyl (C=O) groups excluding carboxylic acids is 3. The first-order chi connectivity index (χ1) is 15.6. The van der Waals surface area contributed by atoms with Crippen LogP contribution in [-0.2, 0) is 15.0 Å². The lowest BCUT2D eigenvalue weighted by Crippen LogP contribution is -2.44. The molecule has 2 aromatic carbocycles. The van der Waals surface area contributed by atoms with Gasteiger partial charge in [0.2, 0.25) is 17.7 Å². The highest BCUT2D eigenvalue weighted by atomic mass is 16.5. The molecule has 8 heteroatoms. The SMILES string of the molecule is COc1cc(C(N)=O)ccc1NC(=O)C1CC2(CN1)C(=O)N(CC(C)(C)C)c1ccccc12. The van der Waals surface area contributed by atoms with Crippen LogP contribution in [0.5, 0.6) is 5.75 Å². The topological polar surface area (TPSA) is 114 Å². The molecule has 2 aliphatic heterocycles. The third-order valence-electron chi connectivity index (χ3n) is 6.26. The number of nitrogens with two attached hydrogens (primary N) is 1. The van der Waals surface area contributed by atoms with Gasteiger partial charge in [-0.2, -0.15) is 0 Å². The van der Waals surface area contributed by atoms with Crippen molar-refractivity contribution in [2.45, 2.75) is 38.6 Å². The summed E-state index contributed by atoms with van der Waals surface area (Å²) in [5, 5.41) is 6.12. The summed E-state index contributed by atoms with van der Waals surface area (Å²) >= 11 is 0. The molecule has 2 aromatic rings. The highest BCUT2D eigenvalue weighted by Crippen LogP contribution is 2.47. The fourth-order valence-corrected chi connectivity index (χ4v) is 4.74. The van der Waals surface area contributed by atoms with Gasteiger partial charge in [0.15, 0.2) is 0 Å². The smallest absolute Gasteiger partial charge is 0.248 e. The zero-order chi connectivity index (χ0) is 24.0. The van der Waals surface area contributed by atoms with E-state index >= 15 is 0 Å². The molecular weight excluding hydrogens is 420 g/mol. The van der Waals surface area contributed by atoms with Crippen molar-refractivity contribution < 1.29 is 19.1 Å². The molecule has 1 saturated heterocycles. The van der Waals surface area contributed by atoms with Crippen LogP contribution in [0.1, 0.15) is 43.1 Å². The van der Waals surface area contributed by atoms with Gasteiger partial charge in [-0.3, -0.25) is 14.4 Å². The molecule has 2 unspecified atom stereocenters. The van der Waals surface area contributed by atoms with Crippen molar-refractivity contribution in [1.82, 2.24) is 5.32 Å². The van der Waals surface area contributed by atoms with E-state index in [1.54, 1.807) is 6.07 Å². The fraction of sp³-hybridized carbons (Fsp3) is 0.400. The highest BCUT2D eigenvalue weighted by Gasteiger charge is 2.56. The maximum absolute atomic E-state index is 13.7. The molecule has 2 atom stereocenters. The molecule has 0 aromatic heterocycles. The van der Waals surface area contributed by atoms with Crippen molar-refractivity contribution in [2.75, 3.05) is 30.4 Å². The number of rotatable bonds is 5. The second-order valence-electron chi connectivity index (χ2n) is 9.96. The van der Waals surface area contributed by atoms with Crippen LogP contribution in [0.2, 0.25) is 0 Å². The number of nitrogens with one attached hydrogen (secondary N) is 2. The van der Waals surface area contributed by atoms with Crippen LogP contribution < -0.4 is 26.0 Å². The number of ether oxygens (including phenoxy) is 1. The van der Waals surface area contributed by atoms with Gasteiger partial charge in [0.1, 0.15) is 5.75 Å². The Bertz CT molecular complexity index is 1120. The summed E-state index contributed by atoms with van der Waals surface area (Å²) in [4.78, 5) is 40.1. The third kappa shape index (κ3) is 4.06. The summed E-state index contributed by atoms with van der Waals surface area (Å²) in [7, 11) is 1.45. The molecule has 3 amide bonds. The van der Waals surface area contributed by atoms with Crippen LogP contribution in [0, 0.1) is 5.41 Å². The summed E-state index contributed by atoms with van der Waals surface area (Å²) in [5.74, 6) is -0.476. The quantitative estimate of drug-likeness (QED) is 0.647. The van der Waals surface area contributed by atoms with Crippen molar-refractivity contribution in [2.24, 2.45) is 11.1 Å². The molecule has 1 fully saturated rings. The monoisotopic (exact) mass is 450 g/mol. The van der Waals surface area contributed by atoms with E-state index in [4.69, 9.17) is 10.5 Å². The number of benzene rings is 2. The van der Waals surface area contributed by atoms with Gasteiger partial charge in [-0.15, -0.1) is 0 Å². The van der Waals surface area contributed by atoms with Crippen molar-refractivity contribution in [3.8, 4) is 5.75 Å². The Morgan fingerprint density at radius 2 is 1.97 bits per heavy atom. The van der Waals surface area contributed by atoms with Gasteiger partial charge in [-0.25, -0.2) is 0 Å². The number of hydrogen-bond donors (Lipinski definition) is 3. The Hall–Kier alpha value is -3.39. The van der Waals surface area contributed by atoms with Gasteiger partial charge in [0.25, 0.3) is 0 Å². The number of amides is 3. The maximum Gasteiger partial charge on any atom is 0.248 e. The predicted octanol–water partition coefficient (Wildman–Crippen LogP) is 2.43. The first-order valence-corrected chi connectivity index (χ1v) is 11.0. The first kappa shape index (κ1) is 22.8. The molecular formula is C25H30N4O4. The van der Waals surface area contributed by atoms with Crippen molar-refractivity contribution in [3.05, 3.63) is 53.6 Å². The molecule has 0 radical (unpaired) electrons. The normalized spacial score (nSPS) is 21.9. The third-order valence-corrected chi connectivity index (χ3v) is 6.26. The van der Waals surface area contributed by atoms with Crippen LogP contribution in [0.4, 0.5) is 11.4 Å². The second kappa shape index (κ2) is 8.19. The Morgan fingerprint density at radius 3 is 2.64 bits per heavy atom. The Balaban J connectivity index is 1.57. The van der Waals surface area contributed by atoms with E-state index in [9.17, 15) is 14.4 Å². The van der Waals surface area contributed by atoms with Crippen LogP contribution in [0.25, 0.3) is 0 Å². The minimum atomic E-state index is -0.774. The van der Waals surface area contributed by atoms with Gasteiger partial charge in [0.05, 0.1) is 24.3 Å². The lowest BCUT2D eigenvalue weighted by Gasteiger charge is -2.29. The number of primary amides is 1. The molecule has 4 rings (SSSR count).